The topological polar surface area (TPSA) is 51.2 Å². The average molecular weight is 337 g/mol. The second kappa shape index (κ2) is 5.48. The van der Waals surface area contributed by atoms with Crippen molar-refractivity contribution < 1.29 is 17.6 Å². The molecule has 0 bridgehead atoms. The second-order valence-corrected chi connectivity index (χ2v) is 8.20. The number of halogens is 2. The summed E-state index contributed by atoms with van der Waals surface area (Å²) in [6, 6.07) is 4.84. The van der Waals surface area contributed by atoms with Gasteiger partial charge in [0.15, 0.2) is 19.3 Å². The van der Waals surface area contributed by atoms with Gasteiger partial charge < -0.3 is 0 Å². The fourth-order valence-corrected chi connectivity index (χ4v) is 3.78. The first-order chi connectivity index (χ1) is 8.28. The third kappa shape index (κ3) is 2.64. The smallest absolute Gasteiger partial charge is 0.194 e. The van der Waals surface area contributed by atoms with E-state index in [9.17, 15) is 17.6 Å². The van der Waals surface area contributed by atoms with Crippen LogP contribution in [0.2, 0.25) is 0 Å². The van der Waals surface area contributed by atoms with Gasteiger partial charge in [0.25, 0.3) is 0 Å². The molecule has 3 nitrogen and oxygen atoms in total. The second-order valence-electron chi connectivity index (χ2n) is 3.82. The Kier molecular flexibility index (Phi) is 4.66. The summed E-state index contributed by atoms with van der Waals surface area (Å²) in [6.07, 6.45) is 0.110. The van der Waals surface area contributed by atoms with Gasteiger partial charge in [0.2, 0.25) is 0 Å². The molecule has 0 radical (unpaired) electrons. The van der Waals surface area contributed by atoms with Gasteiger partial charge >= 0.3 is 0 Å². The van der Waals surface area contributed by atoms with E-state index in [0.717, 1.165) is 12.1 Å². The number of rotatable bonds is 5. The van der Waals surface area contributed by atoms with Crippen molar-refractivity contribution in [2.24, 2.45) is 0 Å². The molecule has 0 aromatic heterocycles. The molecule has 0 heterocycles. The molecular weight excluding hydrogens is 323 g/mol. The largest absolute Gasteiger partial charge is 0.291 e. The molecule has 0 saturated carbocycles. The van der Waals surface area contributed by atoms with Crippen molar-refractivity contribution in [1.82, 2.24) is 0 Å². The van der Waals surface area contributed by atoms with Crippen LogP contribution in [-0.4, -0.2) is 23.6 Å². The minimum atomic E-state index is -3.59. The van der Waals surface area contributed by atoms with Crippen molar-refractivity contribution in [3.05, 3.63) is 35.6 Å². The zero-order valence-electron chi connectivity index (χ0n) is 10.1. The lowest BCUT2D eigenvalue weighted by Gasteiger charge is -2.24. The van der Waals surface area contributed by atoms with E-state index in [-0.39, 0.29) is 17.7 Å². The van der Waals surface area contributed by atoms with Crippen molar-refractivity contribution in [2.45, 2.75) is 23.9 Å². The number of ketones is 1. The SMILES string of the molecule is CC[C@@](Br)(C(=O)c1ccc(F)cc1)S(=O)(=O)CC. The van der Waals surface area contributed by atoms with Crippen molar-refractivity contribution in [1.29, 1.82) is 0 Å². The monoisotopic (exact) mass is 336 g/mol. The summed E-state index contributed by atoms with van der Waals surface area (Å²) in [5, 5.41) is 0. The molecule has 0 aliphatic carbocycles. The maximum absolute atomic E-state index is 12.8. The van der Waals surface area contributed by atoms with Crippen LogP contribution in [0.3, 0.4) is 0 Å². The third-order valence-corrected chi connectivity index (χ3v) is 7.39. The first-order valence-electron chi connectivity index (χ1n) is 5.50. The molecule has 18 heavy (non-hydrogen) atoms. The summed E-state index contributed by atoms with van der Waals surface area (Å²) in [6.45, 7) is 3.10. The van der Waals surface area contributed by atoms with Gasteiger partial charge in [0, 0.05) is 11.3 Å². The highest BCUT2D eigenvalue weighted by atomic mass is 79.9. The molecule has 1 aromatic rings. The number of alkyl halides is 1. The van der Waals surface area contributed by atoms with Crippen molar-refractivity contribution in [3.8, 4) is 0 Å². The molecule has 100 valence electrons. The first-order valence-corrected chi connectivity index (χ1v) is 7.94. The Morgan fingerprint density at radius 1 is 1.28 bits per heavy atom. The van der Waals surface area contributed by atoms with E-state index in [2.05, 4.69) is 15.9 Å². The average Bonchev–Trinajstić information content (AvgIpc) is 2.37. The highest BCUT2D eigenvalue weighted by Gasteiger charge is 2.45. The van der Waals surface area contributed by atoms with Crippen LogP contribution in [0, 0.1) is 5.82 Å². The Morgan fingerprint density at radius 2 is 1.78 bits per heavy atom. The van der Waals surface area contributed by atoms with E-state index in [4.69, 9.17) is 0 Å². The summed E-state index contributed by atoms with van der Waals surface area (Å²) in [5.74, 6) is -1.17. The predicted molar refractivity (Wildman–Crippen MR) is 72.1 cm³/mol. The number of Topliss-reactive ketones (excluding diaryl/α,β-unsaturated/α-hetero) is 1. The standard InChI is InChI=1S/C12H14BrFO3S/c1-3-12(13,18(16,17)4-2)11(15)9-5-7-10(14)8-6-9/h5-8H,3-4H2,1-2H3/t12-/m0/s1. The van der Waals surface area contributed by atoms with Crippen molar-refractivity contribution in [3.63, 3.8) is 0 Å². The van der Waals surface area contributed by atoms with E-state index in [0.29, 0.717) is 0 Å². The van der Waals surface area contributed by atoms with Crippen LogP contribution in [0.15, 0.2) is 24.3 Å². The lowest BCUT2D eigenvalue weighted by Crippen LogP contribution is -2.41. The number of benzene rings is 1. The summed E-state index contributed by atoms with van der Waals surface area (Å²) in [4.78, 5) is 12.3. The minimum Gasteiger partial charge on any atom is -0.291 e. The van der Waals surface area contributed by atoms with Gasteiger partial charge in [0.05, 0.1) is 0 Å². The molecule has 1 atom stereocenters. The molecular formula is C12H14BrFO3S. The van der Waals surface area contributed by atoms with E-state index in [1.165, 1.54) is 19.1 Å². The zero-order valence-corrected chi connectivity index (χ0v) is 12.5. The lowest BCUT2D eigenvalue weighted by molar-refractivity contribution is 0.0976. The van der Waals surface area contributed by atoms with Gasteiger partial charge in [-0.1, -0.05) is 29.8 Å². The van der Waals surface area contributed by atoms with Gasteiger partial charge in [0.1, 0.15) is 5.82 Å². The number of carbonyl (C=O) groups is 1. The first kappa shape index (κ1) is 15.3. The highest BCUT2D eigenvalue weighted by Crippen LogP contribution is 2.34. The van der Waals surface area contributed by atoms with Crippen LogP contribution < -0.4 is 0 Å². The molecule has 0 fully saturated rings. The molecule has 0 unspecified atom stereocenters. The van der Waals surface area contributed by atoms with Crippen LogP contribution in [0.25, 0.3) is 0 Å². The fraction of sp³-hybridized carbons (Fsp3) is 0.417. The van der Waals surface area contributed by atoms with Crippen LogP contribution in [0.4, 0.5) is 4.39 Å². The van der Waals surface area contributed by atoms with Crippen molar-refractivity contribution in [2.75, 3.05) is 5.75 Å². The van der Waals surface area contributed by atoms with Crippen LogP contribution in [0.1, 0.15) is 30.6 Å². The van der Waals surface area contributed by atoms with Gasteiger partial charge in [-0.2, -0.15) is 0 Å². The highest BCUT2D eigenvalue weighted by molar-refractivity contribution is 9.12. The van der Waals surface area contributed by atoms with Crippen LogP contribution in [-0.2, 0) is 9.84 Å². The Balaban J connectivity index is 3.26. The van der Waals surface area contributed by atoms with Gasteiger partial charge in [-0.25, -0.2) is 12.8 Å². The molecule has 0 amide bonds. The van der Waals surface area contributed by atoms with E-state index < -0.39 is 25.1 Å². The normalized spacial score (nSPS) is 15.1. The zero-order chi connectivity index (χ0) is 14.0. The Hall–Kier alpha value is -0.750. The Labute approximate surface area is 114 Å². The molecule has 0 spiro atoms. The molecule has 6 heteroatoms. The number of hydrogen-bond acceptors (Lipinski definition) is 3. The summed E-state index contributed by atoms with van der Waals surface area (Å²) in [7, 11) is -3.59. The maximum Gasteiger partial charge on any atom is 0.194 e. The number of carbonyl (C=O) groups excluding carboxylic acids is 1. The number of sulfone groups is 1. The fourth-order valence-electron chi connectivity index (χ4n) is 1.57. The summed E-state index contributed by atoms with van der Waals surface area (Å²) < 4.78 is 35.1. The molecule has 0 aliphatic heterocycles. The van der Waals surface area contributed by atoms with E-state index >= 15 is 0 Å². The third-order valence-electron chi connectivity index (χ3n) is 2.77. The molecule has 1 rings (SSSR count). The predicted octanol–water partition coefficient (Wildman–Crippen LogP) is 2.94. The molecule has 0 aliphatic rings. The minimum absolute atomic E-state index is 0.110. The van der Waals surface area contributed by atoms with Crippen LogP contribution in [0.5, 0.6) is 0 Å². The van der Waals surface area contributed by atoms with Gasteiger partial charge in [-0.15, -0.1) is 0 Å². The summed E-state index contributed by atoms with van der Waals surface area (Å²) in [5.41, 5.74) is 0.173. The number of hydrogen-bond donors (Lipinski definition) is 0. The molecule has 0 N–H and O–H groups in total. The molecule has 1 aromatic carbocycles. The van der Waals surface area contributed by atoms with Crippen LogP contribution >= 0.6 is 15.9 Å². The van der Waals surface area contributed by atoms with E-state index in [1.54, 1.807) is 6.92 Å². The Bertz CT molecular complexity index is 539. The molecule has 0 saturated heterocycles. The maximum atomic E-state index is 12.8. The van der Waals surface area contributed by atoms with E-state index in [1.807, 2.05) is 0 Å². The quantitative estimate of drug-likeness (QED) is 0.613. The van der Waals surface area contributed by atoms with Gasteiger partial charge in [-0.3, -0.25) is 4.79 Å². The summed E-state index contributed by atoms with van der Waals surface area (Å²) >= 11 is 3.06. The Morgan fingerprint density at radius 3 is 2.17 bits per heavy atom. The lowest BCUT2D eigenvalue weighted by atomic mass is 10.1. The van der Waals surface area contributed by atoms with Gasteiger partial charge in [-0.05, 0) is 30.7 Å². The van der Waals surface area contributed by atoms with Crippen molar-refractivity contribution >= 4 is 31.6 Å².